The fourth-order valence-corrected chi connectivity index (χ4v) is 3.27. The molecule has 0 radical (unpaired) electrons. The van der Waals surface area contributed by atoms with Gasteiger partial charge in [0.25, 0.3) is 0 Å². The smallest absolute Gasteiger partial charge is 0.226 e. The lowest BCUT2D eigenvalue weighted by Gasteiger charge is -2.41. The Bertz CT molecular complexity index is 437. The zero-order valence-electron chi connectivity index (χ0n) is 10.1. The van der Waals surface area contributed by atoms with Crippen LogP contribution in [0.5, 0.6) is 0 Å². The van der Waals surface area contributed by atoms with E-state index < -0.39 is 0 Å². The Kier molecular flexibility index (Phi) is 3.27. The lowest BCUT2D eigenvalue weighted by atomic mass is 9.81. The molecule has 1 heterocycles. The van der Waals surface area contributed by atoms with Crippen LogP contribution in [-0.2, 0) is 4.79 Å². The van der Waals surface area contributed by atoms with Gasteiger partial charge in [-0.2, -0.15) is 0 Å². The van der Waals surface area contributed by atoms with Crippen molar-refractivity contribution in [1.82, 2.24) is 10.6 Å². The first-order valence-electron chi connectivity index (χ1n) is 6.49. The van der Waals surface area contributed by atoms with Gasteiger partial charge in [-0.15, -0.1) is 11.6 Å². The summed E-state index contributed by atoms with van der Waals surface area (Å²) in [7, 11) is 0. The Hall–Kier alpha value is -1.06. The van der Waals surface area contributed by atoms with Crippen LogP contribution < -0.4 is 10.6 Å². The van der Waals surface area contributed by atoms with E-state index in [4.69, 9.17) is 11.6 Å². The number of nitrogens with one attached hydrogen (secondary N) is 2. The van der Waals surface area contributed by atoms with Crippen molar-refractivity contribution in [3.05, 3.63) is 35.9 Å². The second kappa shape index (κ2) is 4.90. The third kappa shape index (κ3) is 2.25. The van der Waals surface area contributed by atoms with Crippen molar-refractivity contribution >= 4 is 17.5 Å². The molecule has 1 aromatic rings. The topological polar surface area (TPSA) is 41.1 Å². The number of alkyl halides is 1. The predicted molar refractivity (Wildman–Crippen MR) is 71.2 cm³/mol. The zero-order chi connectivity index (χ0) is 12.5. The summed E-state index contributed by atoms with van der Waals surface area (Å²) in [5.41, 5.74) is 1.10. The van der Waals surface area contributed by atoms with Gasteiger partial charge < -0.3 is 5.32 Å². The monoisotopic (exact) mass is 264 g/mol. The molecular weight excluding hydrogens is 248 g/mol. The molecule has 1 aliphatic carbocycles. The van der Waals surface area contributed by atoms with Crippen LogP contribution in [0.25, 0.3) is 0 Å². The normalized spacial score (nSPS) is 35.7. The number of hydrogen-bond donors (Lipinski definition) is 2. The molecule has 2 fully saturated rings. The van der Waals surface area contributed by atoms with Crippen LogP contribution in [0.15, 0.2) is 30.3 Å². The Balaban J connectivity index is 1.78. The molecule has 4 atom stereocenters. The van der Waals surface area contributed by atoms with Gasteiger partial charge in [0, 0.05) is 11.4 Å². The van der Waals surface area contributed by atoms with E-state index in [1.54, 1.807) is 0 Å². The molecule has 0 spiro atoms. The Morgan fingerprint density at radius 1 is 1.17 bits per heavy atom. The van der Waals surface area contributed by atoms with E-state index in [2.05, 4.69) is 10.6 Å². The van der Waals surface area contributed by atoms with E-state index in [0.717, 1.165) is 24.8 Å². The number of carbonyl (C=O) groups excluding carboxylic acids is 1. The quantitative estimate of drug-likeness (QED) is 0.764. The fraction of sp³-hybridized carbons (Fsp3) is 0.500. The number of rotatable bonds is 1. The van der Waals surface area contributed by atoms with Gasteiger partial charge in [-0.05, 0) is 24.8 Å². The van der Waals surface area contributed by atoms with Crippen LogP contribution in [0.1, 0.15) is 31.0 Å². The van der Waals surface area contributed by atoms with E-state index in [1.807, 2.05) is 30.3 Å². The molecule has 3 rings (SSSR count). The summed E-state index contributed by atoms with van der Waals surface area (Å²) in [6.07, 6.45) is 2.62. The maximum atomic E-state index is 12.1. The van der Waals surface area contributed by atoms with Gasteiger partial charge >= 0.3 is 0 Å². The first-order chi connectivity index (χ1) is 8.74. The highest BCUT2D eigenvalue weighted by atomic mass is 35.5. The maximum absolute atomic E-state index is 12.1. The Morgan fingerprint density at radius 3 is 2.72 bits per heavy atom. The minimum absolute atomic E-state index is 0.0816. The third-order valence-electron chi connectivity index (χ3n) is 3.92. The molecule has 2 aliphatic rings. The first-order valence-corrected chi connectivity index (χ1v) is 6.93. The minimum atomic E-state index is -0.0816. The second-order valence-corrected chi connectivity index (χ2v) is 5.76. The molecule has 1 saturated carbocycles. The van der Waals surface area contributed by atoms with E-state index in [1.165, 1.54) is 0 Å². The molecule has 0 aromatic heterocycles. The molecule has 18 heavy (non-hydrogen) atoms. The molecule has 1 amide bonds. The fourth-order valence-electron chi connectivity index (χ4n) is 2.95. The summed E-state index contributed by atoms with van der Waals surface area (Å²) in [4.78, 5) is 12.1. The van der Waals surface area contributed by atoms with Gasteiger partial charge in [-0.25, -0.2) is 0 Å². The zero-order valence-corrected chi connectivity index (χ0v) is 10.9. The van der Waals surface area contributed by atoms with Crippen molar-refractivity contribution in [2.75, 3.05) is 0 Å². The van der Waals surface area contributed by atoms with Crippen molar-refractivity contribution in [2.24, 2.45) is 5.92 Å². The molecule has 0 bridgehead atoms. The van der Waals surface area contributed by atoms with Crippen LogP contribution in [0, 0.1) is 5.92 Å². The number of benzene rings is 1. The standard InChI is InChI=1S/C14H17ClN2O/c15-10-6-7-11-12(8-10)16-13(17-14(11)18)9-4-2-1-3-5-9/h1-5,10-13,16H,6-8H2,(H,17,18). The summed E-state index contributed by atoms with van der Waals surface area (Å²) < 4.78 is 0. The van der Waals surface area contributed by atoms with E-state index in [-0.39, 0.29) is 29.4 Å². The van der Waals surface area contributed by atoms with Crippen LogP contribution in [0.4, 0.5) is 0 Å². The van der Waals surface area contributed by atoms with Crippen LogP contribution in [-0.4, -0.2) is 17.3 Å². The third-order valence-corrected chi connectivity index (χ3v) is 4.32. The SMILES string of the molecule is O=C1NC(c2ccccc2)NC2CC(Cl)CCC12. The summed E-state index contributed by atoms with van der Waals surface area (Å²) in [6, 6.07) is 10.2. The number of carbonyl (C=O) groups is 1. The number of hydrogen-bond acceptors (Lipinski definition) is 2. The highest BCUT2D eigenvalue weighted by molar-refractivity contribution is 6.20. The van der Waals surface area contributed by atoms with Gasteiger partial charge in [0.15, 0.2) is 0 Å². The summed E-state index contributed by atoms with van der Waals surface area (Å²) in [5, 5.41) is 6.77. The van der Waals surface area contributed by atoms with Crippen molar-refractivity contribution in [3.8, 4) is 0 Å². The molecular formula is C14H17ClN2O. The van der Waals surface area contributed by atoms with Crippen molar-refractivity contribution in [3.63, 3.8) is 0 Å². The number of amides is 1. The van der Waals surface area contributed by atoms with Crippen LogP contribution >= 0.6 is 11.6 Å². The largest absolute Gasteiger partial charge is 0.336 e. The molecule has 2 N–H and O–H groups in total. The van der Waals surface area contributed by atoms with Crippen molar-refractivity contribution < 1.29 is 4.79 Å². The molecule has 1 aromatic carbocycles. The summed E-state index contributed by atoms with van der Waals surface area (Å²) in [6.45, 7) is 0. The number of fused-ring (bicyclic) bond motifs is 1. The average molecular weight is 265 g/mol. The molecule has 3 nitrogen and oxygen atoms in total. The molecule has 96 valence electrons. The van der Waals surface area contributed by atoms with Gasteiger partial charge in [0.1, 0.15) is 6.17 Å². The molecule has 1 saturated heterocycles. The Morgan fingerprint density at radius 2 is 1.94 bits per heavy atom. The van der Waals surface area contributed by atoms with Gasteiger partial charge in [-0.3, -0.25) is 10.1 Å². The lowest BCUT2D eigenvalue weighted by Crippen LogP contribution is -2.58. The van der Waals surface area contributed by atoms with Gasteiger partial charge in [-0.1, -0.05) is 30.3 Å². The first kappa shape index (κ1) is 12.0. The molecule has 4 heteroatoms. The average Bonchev–Trinajstić information content (AvgIpc) is 2.39. The minimum Gasteiger partial charge on any atom is -0.336 e. The summed E-state index contributed by atoms with van der Waals surface area (Å²) >= 11 is 6.21. The van der Waals surface area contributed by atoms with Crippen molar-refractivity contribution in [2.45, 2.75) is 36.8 Å². The highest BCUT2D eigenvalue weighted by Gasteiger charge is 2.39. The van der Waals surface area contributed by atoms with Crippen LogP contribution in [0.3, 0.4) is 0 Å². The summed E-state index contributed by atoms with van der Waals surface area (Å²) in [5.74, 6) is 0.246. The lowest BCUT2D eigenvalue weighted by molar-refractivity contribution is -0.130. The van der Waals surface area contributed by atoms with E-state index in [0.29, 0.717) is 0 Å². The van der Waals surface area contributed by atoms with E-state index >= 15 is 0 Å². The van der Waals surface area contributed by atoms with E-state index in [9.17, 15) is 4.79 Å². The van der Waals surface area contributed by atoms with Crippen LogP contribution in [0.2, 0.25) is 0 Å². The van der Waals surface area contributed by atoms with Gasteiger partial charge in [0.05, 0.1) is 5.92 Å². The van der Waals surface area contributed by atoms with Crippen molar-refractivity contribution in [1.29, 1.82) is 0 Å². The Labute approximate surface area is 112 Å². The maximum Gasteiger partial charge on any atom is 0.226 e. The molecule has 4 unspecified atom stereocenters. The highest BCUT2D eigenvalue weighted by Crippen LogP contribution is 2.32. The predicted octanol–water partition coefficient (Wildman–Crippen LogP) is 2.18. The molecule has 1 aliphatic heterocycles. The van der Waals surface area contributed by atoms with Gasteiger partial charge in [0.2, 0.25) is 5.91 Å². The number of halogens is 1. The second-order valence-electron chi connectivity index (χ2n) is 5.14.